The van der Waals surface area contributed by atoms with Crippen LogP contribution in [0.25, 0.3) is 0 Å². The lowest BCUT2D eigenvalue weighted by Gasteiger charge is -2.21. The van der Waals surface area contributed by atoms with Crippen molar-refractivity contribution in [3.8, 4) is 0 Å². The molecule has 4 unspecified atom stereocenters. The molecule has 0 aromatic heterocycles. The maximum absolute atomic E-state index is 13.1. The van der Waals surface area contributed by atoms with Crippen molar-refractivity contribution in [2.24, 2.45) is 17.8 Å². The zero-order valence-electron chi connectivity index (χ0n) is 69.2. The van der Waals surface area contributed by atoms with Gasteiger partial charge in [-0.05, 0) is 43.4 Å². The molecule has 19 heteroatoms. The number of hydrogen-bond donors (Lipinski definition) is 3. The molecule has 0 aromatic carbocycles. The Bertz CT molecular complexity index is 2030. The average Bonchev–Trinajstić information content (AvgIpc) is 0.906. The number of phosphoric ester groups is 2. The summed E-state index contributed by atoms with van der Waals surface area (Å²) in [5.41, 5.74) is 0. The van der Waals surface area contributed by atoms with Gasteiger partial charge >= 0.3 is 39.5 Å². The van der Waals surface area contributed by atoms with E-state index in [1.54, 1.807) is 0 Å². The summed E-state index contributed by atoms with van der Waals surface area (Å²) in [6.45, 7) is 12.1. The summed E-state index contributed by atoms with van der Waals surface area (Å²) >= 11 is 0. The number of ether oxygens (including phenoxy) is 4. The van der Waals surface area contributed by atoms with Crippen LogP contribution in [-0.4, -0.2) is 96.7 Å². The molecule has 0 saturated heterocycles. The van der Waals surface area contributed by atoms with E-state index in [0.717, 1.165) is 108 Å². The van der Waals surface area contributed by atoms with Crippen molar-refractivity contribution >= 4 is 39.5 Å². The maximum atomic E-state index is 13.1. The molecule has 0 spiro atoms. The van der Waals surface area contributed by atoms with Gasteiger partial charge in [0.15, 0.2) is 12.2 Å². The van der Waals surface area contributed by atoms with E-state index in [0.29, 0.717) is 25.7 Å². The lowest BCUT2D eigenvalue weighted by Crippen LogP contribution is -2.30. The Hall–Kier alpha value is -1.94. The van der Waals surface area contributed by atoms with Crippen molar-refractivity contribution in [1.82, 2.24) is 0 Å². The molecule has 0 aliphatic carbocycles. The second-order valence-corrected chi connectivity index (χ2v) is 34.8. The van der Waals surface area contributed by atoms with E-state index in [1.165, 1.54) is 263 Å². The summed E-state index contributed by atoms with van der Waals surface area (Å²) < 4.78 is 68.9. The Kier molecular flexibility index (Phi) is 74.7. The molecule has 624 valence electrons. The van der Waals surface area contributed by atoms with E-state index in [1.807, 2.05) is 0 Å². The molecule has 0 saturated carbocycles. The summed E-state index contributed by atoms with van der Waals surface area (Å²) in [6, 6.07) is 0. The number of carbonyl (C=O) groups excluding carboxylic acids is 4. The van der Waals surface area contributed by atoms with Crippen LogP contribution in [0.5, 0.6) is 0 Å². The lowest BCUT2D eigenvalue weighted by atomic mass is 9.99. The fraction of sp³-hybridized carbons (Fsp3) is 0.953. The van der Waals surface area contributed by atoms with Crippen molar-refractivity contribution in [1.29, 1.82) is 0 Å². The van der Waals surface area contributed by atoms with Crippen molar-refractivity contribution in [2.45, 2.75) is 471 Å². The Balaban J connectivity index is 5.24. The molecule has 0 heterocycles. The molecule has 0 radical (unpaired) electrons. The SMILES string of the molecule is CCCCCCCCCCCCCCCCC(=O)O[C@H](COC(=O)CCCCCCCCCCC(C)C)COP(=O)(O)OC[C@H](O)COP(=O)(O)OC[C@@H](COC(=O)CCCCCCCCCCCCCCCCC(C)CC)OC(=O)CCCCCCCCCCCCCCCCCCCCC(C)CC. The molecule has 0 fully saturated rings. The minimum absolute atomic E-state index is 0.107. The van der Waals surface area contributed by atoms with Gasteiger partial charge in [-0.15, -0.1) is 0 Å². The molecule has 0 rings (SSSR count). The van der Waals surface area contributed by atoms with Crippen molar-refractivity contribution in [2.75, 3.05) is 39.6 Å². The van der Waals surface area contributed by atoms with Gasteiger partial charge in [0.2, 0.25) is 0 Å². The van der Waals surface area contributed by atoms with Crippen LogP contribution in [0.1, 0.15) is 453 Å². The molecule has 0 aromatic rings. The average molecular weight is 1540 g/mol. The quantitative estimate of drug-likeness (QED) is 0.0222. The first-order valence-corrected chi connectivity index (χ1v) is 47.4. The number of unbranched alkanes of at least 4 members (excludes halogenated alkanes) is 50. The Morgan fingerprint density at radius 2 is 0.486 bits per heavy atom. The van der Waals surface area contributed by atoms with Crippen LogP contribution in [-0.2, 0) is 65.4 Å². The highest BCUT2D eigenvalue weighted by Crippen LogP contribution is 2.45. The van der Waals surface area contributed by atoms with Crippen molar-refractivity contribution in [3.63, 3.8) is 0 Å². The number of rotatable bonds is 84. The second kappa shape index (κ2) is 76.1. The van der Waals surface area contributed by atoms with Gasteiger partial charge in [-0.3, -0.25) is 37.3 Å². The van der Waals surface area contributed by atoms with Crippen LogP contribution < -0.4 is 0 Å². The first-order valence-electron chi connectivity index (χ1n) is 44.4. The predicted molar refractivity (Wildman–Crippen MR) is 432 cm³/mol. The van der Waals surface area contributed by atoms with Crippen LogP contribution in [0, 0.1) is 17.8 Å². The Morgan fingerprint density at radius 1 is 0.276 bits per heavy atom. The van der Waals surface area contributed by atoms with Gasteiger partial charge in [-0.1, -0.05) is 402 Å². The molecule has 3 N–H and O–H groups in total. The van der Waals surface area contributed by atoms with Crippen LogP contribution >= 0.6 is 15.6 Å². The van der Waals surface area contributed by atoms with Gasteiger partial charge in [0, 0.05) is 25.7 Å². The third kappa shape index (κ3) is 77.2. The first kappa shape index (κ1) is 103. The number of aliphatic hydroxyl groups excluding tert-OH is 1. The van der Waals surface area contributed by atoms with E-state index in [2.05, 4.69) is 48.5 Å². The molecule has 0 bridgehead atoms. The fourth-order valence-corrected chi connectivity index (χ4v) is 14.9. The van der Waals surface area contributed by atoms with Gasteiger partial charge in [0.05, 0.1) is 26.4 Å². The third-order valence-electron chi connectivity index (χ3n) is 20.9. The smallest absolute Gasteiger partial charge is 0.462 e. The van der Waals surface area contributed by atoms with Crippen LogP contribution in [0.15, 0.2) is 0 Å². The molecule has 7 atom stereocenters. The van der Waals surface area contributed by atoms with Gasteiger partial charge in [-0.2, -0.15) is 0 Å². The standard InChI is InChI=1S/C86H168O17P2/c1-8-11-12-13-14-15-16-17-28-34-39-48-55-62-69-85(90)103-82(74-97-84(89)68-61-54-47-42-41-43-50-57-64-77(4)5)76-101-105(94,95)99-72-80(87)71-98-104(92,93)100-75-81(73-96-83(88)67-60-53-46-38-33-29-25-24-27-32-37-45-52-59-66-79(7)10-3)102-86(91)70-63-56-49-40-35-30-23-21-19-18-20-22-26-31-36-44-51-58-65-78(6)9-2/h77-82,87H,8-76H2,1-7H3,(H,92,93)(H,94,95)/t78?,79?,80-,81-,82-/m1/s1. The number of phosphoric acid groups is 2. The Labute approximate surface area is 645 Å². The summed E-state index contributed by atoms with van der Waals surface area (Å²) in [4.78, 5) is 73.2. The number of aliphatic hydroxyl groups is 1. The Morgan fingerprint density at radius 3 is 0.724 bits per heavy atom. The van der Waals surface area contributed by atoms with Crippen LogP contribution in [0.4, 0.5) is 0 Å². The molecular weight excluding hydrogens is 1370 g/mol. The summed E-state index contributed by atoms with van der Waals surface area (Å²) in [6.07, 6.45) is 66.5. The second-order valence-electron chi connectivity index (χ2n) is 31.9. The monoisotopic (exact) mass is 1540 g/mol. The molecule has 17 nitrogen and oxygen atoms in total. The van der Waals surface area contributed by atoms with Crippen LogP contribution in [0.2, 0.25) is 0 Å². The third-order valence-corrected chi connectivity index (χ3v) is 22.8. The largest absolute Gasteiger partial charge is 0.472 e. The van der Waals surface area contributed by atoms with Crippen LogP contribution in [0.3, 0.4) is 0 Å². The highest BCUT2D eigenvalue weighted by Gasteiger charge is 2.30. The summed E-state index contributed by atoms with van der Waals surface area (Å²) in [7, 11) is -9.93. The fourth-order valence-electron chi connectivity index (χ4n) is 13.3. The zero-order valence-corrected chi connectivity index (χ0v) is 71.0. The highest BCUT2D eigenvalue weighted by atomic mass is 31.2. The summed E-state index contributed by atoms with van der Waals surface area (Å²) in [5, 5.41) is 10.7. The minimum atomic E-state index is -4.97. The topological polar surface area (TPSA) is 237 Å². The van der Waals surface area contributed by atoms with Crippen molar-refractivity contribution in [3.05, 3.63) is 0 Å². The number of esters is 4. The molecule has 105 heavy (non-hydrogen) atoms. The minimum Gasteiger partial charge on any atom is -0.462 e. The van der Waals surface area contributed by atoms with E-state index in [-0.39, 0.29) is 25.7 Å². The van der Waals surface area contributed by atoms with E-state index in [4.69, 9.17) is 37.0 Å². The number of carbonyl (C=O) groups is 4. The van der Waals surface area contributed by atoms with Gasteiger partial charge in [-0.25, -0.2) is 9.13 Å². The lowest BCUT2D eigenvalue weighted by molar-refractivity contribution is -0.161. The van der Waals surface area contributed by atoms with Crippen molar-refractivity contribution < 1.29 is 80.2 Å². The molecule has 0 amide bonds. The molecular formula is C86H168O17P2. The van der Waals surface area contributed by atoms with E-state index < -0.39 is 97.5 Å². The number of hydrogen-bond acceptors (Lipinski definition) is 15. The highest BCUT2D eigenvalue weighted by molar-refractivity contribution is 7.47. The van der Waals surface area contributed by atoms with E-state index >= 15 is 0 Å². The van der Waals surface area contributed by atoms with Gasteiger partial charge in [0.1, 0.15) is 19.3 Å². The van der Waals surface area contributed by atoms with E-state index in [9.17, 15) is 43.2 Å². The van der Waals surface area contributed by atoms with Gasteiger partial charge < -0.3 is 33.8 Å². The maximum Gasteiger partial charge on any atom is 0.472 e. The normalized spacial score (nSPS) is 14.4. The van der Waals surface area contributed by atoms with Gasteiger partial charge in [0.25, 0.3) is 0 Å². The first-order chi connectivity index (χ1) is 50.8. The predicted octanol–water partition coefficient (Wildman–Crippen LogP) is 26.1. The molecule has 0 aliphatic rings. The zero-order chi connectivity index (χ0) is 77.2. The molecule has 0 aliphatic heterocycles. The summed E-state index contributed by atoms with van der Waals surface area (Å²) in [5.74, 6) is 0.343.